The first-order chi connectivity index (χ1) is 28.8. The molecule has 0 fully saturated rings. The number of aliphatic hydroxyl groups is 1. The molecule has 2 N–H and O–H groups in total. The van der Waals surface area contributed by atoms with E-state index in [-0.39, 0.29) is 22.0 Å². The zero-order valence-corrected chi connectivity index (χ0v) is 40.2. The third-order valence-electron chi connectivity index (χ3n) is 12.0. The lowest BCUT2D eigenvalue weighted by molar-refractivity contribution is 0.0455. The Bertz CT molecular complexity index is 1900. The Morgan fingerprint density at radius 2 is 1.02 bits per heavy atom. The van der Waals surface area contributed by atoms with Crippen LogP contribution in [0.1, 0.15) is 204 Å². The topological polar surface area (TPSA) is 71.3 Å². The van der Waals surface area contributed by atoms with Crippen LogP contribution in [0.5, 0.6) is 17.2 Å². The van der Waals surface area contributed by atoms with Gasteiger partial charge in [-0.05, 0) is 88.6 Å². The molecule has 1 unspecified atom stereocenters. The molecule has 4 rings (SSSR count). The summed E-state index contributed by atoms with van der Waals surface area (Å²) in [5.41, 5.74) is 4.26. The SMILES string of the molecule is CCCCCCCCOc1ccc(C(C)(C)C)cc1C(O)(c1cc(C(C)(C)C)ccc1OCCCCCCCC)C(N=Cc1cc(C)cc(C(C)(C)C)c1O)c1ccccc1. The second-order valence-electron chi connectivity index (χ2n) is 20.5. The van der Waals surface area contributed by atoms with Crippen molar-refractivity contribution in [2.24, 2.45) is 4.99 Å². The fraction of sp³-hybridized carbons (Fsp3) is 0.554. The predicted molar refractivity (Wildman–Crippen MR) is 259 cm³/mol. The Balaban J connectivity index is 2.06. The van der Waals surface area contributed by atoms with E-state index in [1.807, 2.05) is 43.3 Å². The normalized spacial score (nSPS) is 13.2. The molecule has 0 aliphatic rings. The van der Waals surface area contributed by atoms with Crippen LogP contribution in [0.15, 0.2) is 83.9 Å². The Morgan fingerprint density at radius 1 is 0.557 bits per heavy atom. The van der Waals surface area contributed by atoms with E-state index < -0.39 is 11.6 Å². The van der Waals surface area contributed by atoms with Crippen LogP contribution in [0.3, 0.4) is 0 Å². The number of unbranched alkanes of at least 4 members (excludes halogenated alkanes) is 10. The number of aryl methyl sites for hydroxylation is 1. The van der Waals surface area contributed by atoms with Crippen molar-refractivity contribution in [3.8, 4) is 17.2 Å². The summed E-state index contributed by atoms with van der Waals surface area (Å²) in [4.78, 5) is 5.41. The second kappa shape index (κ2) is 22.3. The van der Waals surface area contributed by atoms with Crippen molar-refractivity contribution in [1.82, 2.24) is 0 Å². The van der Waals surface area contributed by atoms with Crippen LogP contribution < -0.4 is 9.47 Å². The quantitative estimate of drug-likeness (QED) is 0.0611. The molecule has 0 aliphatic heterocycles. The van der Waals surface area contributed by atoms with Crippen molar-refractivity contribution < 1.29 is 19.7 Å². The third kappa shape index (κ3) is 13.7. The zero-order chi connectivity index (χ0) is 44.8. The fourth-order valence-electron chi connectivity index (χ4n) is 8.11. The highest BCUT2D eigenvalue weighted by molar-refractivity contribution is 5.85. The summed E-state index contributed by atoms with van der Waals surface area (Å²) in [5, 5.41) is 26.3. The summed E-state index contributed by atoms with van der Waals surface area (Å²) in [6.45, 7) is 27.2. The lowest BCUT2D eigenvalue weighted by atomic mass is 9.73. The summed E-state index contributed by atoms with van der Waals surface area (Å²) in [6.07, 6.45) is 15.6. The van der Waals surface area contributed by atoms with Gasteiger partial charge < -0.3 is 19.7 Å². The van der Waals surface area contributed by atoms with E-state index in [1.165, 1.54) is 51.4 Å². The van der Waals surface area contributed by atoms with E-state index in [4.69, 9.17) is 14.5 Å². The van der Waals surface area contributed by atoms with Gasteiger partial charge in [0, 0.05) is 28.5 Å². The van der Waals surface area contributed by atoms with Gasteiger partial charge >= 0.3 is 0 Å². The van der Waals surface area contributed by atoms with Gasteiger partial charge in [0.25, 0.3) is 0 Å². The van der Waals surface area contributed by atoms with E-state index in [0.717, 1.165) is 53.5 Å². The van der Waals surface area contributed by atoms with E-state index in [1.54, 1.807) is 6.21 Å². The molecule has 0 heterocycles. The van der Waals surface area contributed by atoms with Crippen molar-refractivity contribution in [3.63, 3.8) is 0 Å². The molecule has 0 amide bonds. The Morgan fingerprint density at radius 3 is 1.46 bits per heavy atom. The first-order valence-electron chi connectivity index (χ1n) is 23.5. The molecule has 1 atom stereocenters. The second-order valence-corrected chi connectivity index (χ2v) is 20.5. The number of ether oxygens (including phenoxy) is 2. The molecule has 4 aromatic rings. The molecular weight excluding hydrogens is 751 g/mol. The third-order valence-corrected chi connectivity index (χ3v) is 12.0. The maximum absolute atomic E-state index is 14.5. The molecule has 0 aliphatic carbocycles. The predicted octanol–water partition coefficient (Wildman–Crippen LogP) is 15.2. The maximum Gasteiger partial charge on any atom is 0.148 e. The number of hydrogen-bond acceptors (Lipinski definition) is 5. The average molecular weight is 832 g/mol. The van der Waals surface area contributed by atoms with Crippen molar-refractivity contribution >= 4 is 6.21 Å². The largest absolute Gasteiger partial charge is 0.507 e. The molecule has 4 aromatic carbocycles. The maximum atomic E-state index is 14.5. The Hall–Kier alpha value is -4.09. The number of aliphatic imine (C=N–C) groups is 1. The van der Waals surface area contributed by atoms with Crippen molar-refractivity contribution in [3.05, 3.63) is 123 Å². The molecule has 61 heavy (non-hydrogen) atoms. The molecule has 0 spiro atoms. The van der Waals surface area contributed by atoms with Gasteiger partial charge in [-0.25, -0.2) is 0 Å². The molecule has 0 aromatic heterocycles. The monoisotopic (exact) mass is 832 g/mol. The van der Waals surface area contributed by atoms with E-state index in [9.17, 15) is 10.2 Å². The lowest BCUT2D eigenvalue weighted by Gasteiger charge is -2.39. The zero-order valence-electron chi connectivity index (χ0n) is 40.2. The van der Waals surface area contributed by atoms with Crippen molar-refractivity contribution in [1.29, 1.82) is 0 Å². The van der Waals surface area contributed by atoms with Gasteiger partial charge in [0.15, 0.2) is 0 Å². The highest BCUT2D eigenvalue weighted by atomic mass is 16.5. The van der Waals surface area contributed by atoms with E-state index in [0.29, 0.717) is 41.4 Å². The number of benzene rings is 4. The number of rotatable bonds is 22. The number of hydrogen-bond donors (Lipinski definition) is 2. The van der Waals surface area contributed by atoms with Gasteiger partial charge in [0.1, 0.15) is 28.9 Å². The number of aromatic hydroxyl groups is 1. The molecule has 5 heteroatoms. The van der Waals surface area contributed by atoms with Gasteiger partial charge in [-0.3, -0.25) is 4.99 Å². The van der Waals surface area contributed by atoms with Gasteiger partial charge in [0.2, 0.25) is 0 Å². The Labute approximate surface area is 371 Å². The minimum Gasteiger partial charge on any atom is -0.507 e. The average Bonchev–Trinajstić information content (AvgIpc) is 3.20. The van der Waals surface area contributed by atoms with Gasteiger partial charge in [0.05, 0.1) is 13.2 Å². The summed E-state index contributed by atoms with van der Waals surface area (Å²) in [6, 6.07) is 25.9. The molecule has 334 valence electrons. The summed E-state index contributed by atoms with van der Waals surface area (Å²) < 4.78 is 13.6. The van der Waals surface area contributed by atoms with E-state index in [2.05, 4.69) is 119 Å². The molecular formula is C56H81NO4. The first-order valence-corrected chi connectivity index (χ1v) is 23.5. The van der Waals surface area contributed by atoms with Gasteiger partial charge in [-0.1, -0.05) is 189 Å². The number of nitrogens with zero attached hydrogens (tertiary/aromatic N) is 1. The summed E-state index contributed by atoms with van der Waals surface area (Å²) in [7, 11) is 0. The highest BCUT2D eigenvalue weighted by Crippen LogP contribution is 2.51. The van der Waals surface area contributed by atoms with Crippen LogP contribution >= 0.6 is 0 Å². The van der Waals surface area contributed by atoms with Gasteiger partial charge in [-0.2, -0.15) is 0 Å². The fourth-order valence-corrected chi connectivity index (χ4v) is 8.11. The standard InChI is InChI=1S/C56H81NO4/c1-13-15-17-19-21-26-34-60-49-32-30-44(53(4,5)6)38-46(49)56(59,47-39-45(54(7,8)9)31-33-50(47)61-35-27-22-20-18-16-14-2)52(42-28-24-23-25-29-42)57-40-43-36-41(3)37-48(51(43)58)55(10,11)12/h23-25,28-33,36-40,52,58-59H,13-22,26-27,34-35H2,1-12H3. The van der Waals surface area contributed by atoms with Crippen LogP contribution in [0.2, 0.25) is 0 Å². The lowest BCUT2D eigenvalue weighted by Crippen LogP contribution is -2.36. The molecule has 0 saturated carbocycles. The smallest absolute Gasteiger partial charge is 0.148 e. The Kier molecular flexibility index (Phi) is 18.1. The van der Waals surface area contributed by atoms with Crippen LogP contribution in [0, 0.1) is 6.92 Å². The first kappa shape index (κ1) is 49.6. The van der Waals surface area contributed by atoms with Crippen LogP contribution in [0.25, 0.3) is 0 Å². The highest BCUT2D eigenvalue weighted by Gasteiger charge is 2.46. The molecule has 0 radical (unpaired) electrons. The van der Waals surface area contributed by atoms with Gasteiger partial charge in [-0.15, -0.1) is 0 Å². The molecule has 0 saturated heterocycles. The minimum atomic E-state index is -1.79. The minimum absolute atomic E-state index is 0.201. The van der Waals surface area contributed by atoms with Crippen LogP contribution in [-0.2, 0) is 21.8 Å². The summed E-state index contributed by atoms with van der Waals surface area (Å²) >= 11 is 0. The summed E-state index contributed by atoms with van der Waals surface area (Å²) in [5.74, 6) is 1.47. The van der Waals surface area contributed by atoms with E-state index >= 15 is 0 Å². The van der Waals surface area contributed by atoms with Crippen LogP contribution in [0.4, 0.5) is 0 Å². The van der Waals surface area contributed by atoms with Crippen molar-refractivity contribution in [2.75, 3.05) is 13.2 Å². The number of phenols is 1. The molecule has 5 nitrogen and oxygen atoms in total. The van der Waals surface area contributed by atoms with Crippen molar-refractivity contribution in [2.45, 2.75) is 188 Å². The van der Waals surface area contributed by atoms with Crippen LogP contribution in [-0.4, -0.2) is 29.6 Å². The number of phenolic OH excluding ortho intramolecular Hbond substituents is 1. The molecule has 0 bridgehead atoms.